The Morgan fingerprint density at radius 1 is 1.00 bits per heavy atom. The minimum atomic E-state index is -0.302. The first-order chi connectivity index (χ1) is 7.35. The molecule has 0 aromatic heterocycles. The molecule has 0 radical (unpaired) electrons. The standard InChI is InChI=1S/C15H26O/c1-13(2)9-12-11(13)5-8-14(3)6-4-7-15(12,16)10-14/h11-12,16H,4-10H2,1-3H3/t11-,12+,14+,15+/m0/s1. The molecular formula is C15H26O. The van der Waals surface area contributed by atoms with Crippen molar-refractivity contribution in [3.63, 3.8) is 0 Å². The quantitative estimate of drug-likeness (QED) is 0.662. The Balaban J connectivity index is 1.92. The zero-order valence-electron chi connectivity index (χ0n) is 11.1. The molecule has 92 valence electrons. The molecule has 16 heavy (non-hydrogen) atoms. The van der Waals surface area contributed by atoms with Gasteiger partial charge in [0, 0.05) is 0 Å². The van der Waals surface area contributed by atoms with E-state index in [0.29, 0.717) is 16.7 Å². The van der Waals surface area contributed by atoms with E-state index in [9.17, 15) is 5.11 Å². The highest BCUT2D eigenvalue weighted by atomic mass is 16.3. The molecule has 1 nitrogen and oxygen atoms in total. The molecular weight excluding hydrogens is 196 g/mol. The third kappa shape index (κ3) is 1.40. The molecule has 3 aliphatic carbocycles. The molecule has 0 aromatic rings. The minimum absolute atomic E-state index is 0.302. The van der Waals surface area contributed by atoms with Crippen LogP contribution in [0.2, 0.25) is 0 Å². The summed E-state index contributed by atoms with van der Waals surface area (Å²) in [6, 6.07) is 0. The van der Waals surface area contributed by atoms with Gasteiger partial charge in [0.2, 0.25) is 0 Å². The highest BCUT2D eigenvalue weighted by Crippen LogP contribution is 2.64. The van der Waals surface area contributed by atoms with Crippen molar-refractivity contribution in [3.8, 4) is 0 Å². The largest absolute Gasteiger partial charge is 0.390 e. The number of rotatable bonds is 0. The molecule has 0 unspecified atom stereocenters. The van der Waals surface area contributed by atoms with Crippen LogP contribution in [0.3, 0.4) is 0 Å². The predicted molar refractivity (Wildman–Crippen MR) is 66.1 cm³/mol. The molecule has 0 saturated heterocycles. The van der Waals surface area contributed by atoms with Crippen molar-refractivity contribution in [1.82, 2.24) is 0 Å². The van der Waals surface area contributed by atoms with Gasteiger partial charge in [0.05, 0.1) is 5.60 Å². The monoisotopic (exact) mass is 222 g/mol. The molecule has 0 aromatic carbocycles. The van der Waals surface area contributed by atoms with Gasteiger partial charge in [-0.05, 0) is 61.2 Å². The Bertz CT molecular complexity index is 309. The van der Waals surface area contributed by atoms with E-state index in [1.807, 2.05) is 0 Å². The summed E-state index contributed by atoms with van der Waals surface area (Å²) >= 11 is 0. The topological polar surface area (TPSA) is 20.2 Å². The highest BCUT2D eigenvalue weighted by Gasteiger charge is 2.59. The Morgan fingerprint density at radius 3 is 2.44 bits per heavy atom. The van der Waals surface area contributed by atoms with Gasteiger partial charge in [0.15, 0.2) is 0 Å². The van der Waals surface area contributed by atoms with Crippen molar-refractivity contribution in [2.75, 3.05) is 0 Å². The lowest BCUT2D eigenvalue weighted by Crippen LogP contribution is -2.56. The molecule has 0 heterocycles. The Hall–Kier alpha value is -0.0400. The van der Waals surface area contributed by atoms with Crippen LogP contribution in [-0.2, 0) is 0 Å². The van der Waals surface area contributed by atoms with Crippen LogP contribution in [0, 0.1) is 22.7 Å². The van der Waals surface area contributed by atoms with Crippen molar-refractivity contribution in [2.24, 2.45) is 22.7 Å². The molecule has 1 heteroatoms. The molecule has 3 fully saturated rings. The highest BCUT2D eigenvalue weighted by molar-refractivity contribution is 5.10. The molecule has 0 amide bonds. The maximum Gasteiger partial charge on any atom is 0.0684 e. The van der Waals surface area contributed by atoms with Gasteiger partial charge in [-0.3, -0.25) is 0 Å². The smallest absolute Gasteiger partial charge is 0.0684 e. The van der Waals surface area contributed by atoms with E-state index >= 15 is 0 Å². The second-order valence-corrected chi connectivity index (χ2v) is 7.89. The summed E-state index contributed by atoms with van der Waals surface area (Å²) in [5, 5.41) is 11.0. The predicted octanol–water partition coefficient (Wildman–Crippen LogP) is 3.75. The lowest BCUT2D eigenvalue weighted by Gasteiger charge is -2.58. The van der Waals surface area contributed by atoms with Crippen LogP contribution in [0.25, 0.3) is 0 Å². The number of hydrogen-bond donors (Lipinski definition) is 1. The normalized spacial score (nSPS) is 54.8. The molecule has 1 N–H and O–H groups in total. The summed E-state index contributed by atoms with van der Waals surface area (Å²) in [6.07, 6.45) is 8.70. The zero-order valence-corrected chi connectivity index (χ0v) is 11.1. The van der Waals surface area contributed by atoms with Crippen molar-refractivity contribution in [3.05, 3.63) is 0 Å². The summed E-state index contributed by atoms with van der Waals surface area (Å²) in [4.78, 5) is 0. The van der Waals surface area contributed by atoms with Crippen molar-refractivity contribution >= 4 is 0 Å². The molecule has 0 spiro atoms. The number of aliphatic hydroxyl groups is 1. The molecule has 0 aliphatic heterocycles. The number of fused-ring (bicyclic) bond motifs is 4. The second-order valence-electron chi connectivity index (χ2n) is 7.89. The fraction of sp³-hybridized carbons (Fsp3) is 1.00. The first-order valence-corrected chi connectivity index (χ1v) is 7.07. The summed E-state index contributed by atoms with van der Waals surface area (Å²) < 4.78 is 0. The third-order valence-corrected chi connectivity index (χ3v) is 6.11. The maximum absolute atomic E-state index is 11.0. The van der Waals surface area contributed by atoms with E-state index in [-0.39, 0.29) is 5.60 Å². The second kappa shape index (κ2) is 3.04. The lowest BCUT2D eigenvalue weighted by molar-refractivity contribution is -0.161. The fourth-order valence-electron chi connectivity index (χ4n) is 5.17. The Labute approximate surface area is 99.6 Å². The van der Waals surface area contributed by atoms with Crippen molar-refractivity contribution in [1.29, 1.82) is 0 Å². The molecule has 4 atom stereocenters. The minimum Gasteiger partial charge on any atom is -0.390 e. The Kier molecular flexibility index (Phi) is 2.11. The average molecular weight is 222 g/mol. The van der Waals surface area contributed by atoms with Crippen LogP contribution in [0.5, 0.6) is 0 Å². The van der Waals surface area contributed by atoms with E-state index < -0.39 is 0 Å². The van der Waals surface area contributed by atoms with Crippen LogP contribution in [0.1, 0.15) is 65.7 Å². The molecule has 3 rings (SSSR count). The van der Waals surface area contributed by atoms with E-state index in [1.165, 1.54) is 32.1 Å². The van der Waals surface area contributed by atoms with Crippen molar-refractivity contribution < 1.29 is 5.11 Å². The fourth-order valence-corrected chi connectivity index (χ4v) is 5.17. The van der Waals surface area contributed by atoms with Gasteiger partial charge in [-0.15, -0.1) is 0 Å². The van der Waals surface area contributed by atoms with Crippen molar-refractivity contribution in [2.45, 2.75) is 71.3 Å². The first kappa shape index (κ1) is 11.1. The van der Waals surface area contributed by atoms with Crippen LogP contribution in [0.15, 0.2) is 0 Å². The summed E-state index contributed by atoms with van der Waals surface area (Å²) in [5.74, 6) is 1.40. The third-order valence-electron chi connectivity index (χ3n) is 6.11. The van der Waals surface area contributed by atoms with Gasteiger partial charge in [0.1, 0.15) is 0 Å². The molecule has 3 aliphatic rings. The van der Waals surface area contributed by atoms with Crippen LogP contribution in [0.4, 0.5) is 0 Å². The van der Waals surface area contributed by atoms with Gasteiger partial charge >= 0.3 is 0 Å². The van der Waals surface area contributed by atoms with Crippen LogP contribution >= 0.6 is 0 Å². The lowest BCUT2D eigenvalue weighted by atomic mass is 9.49. The van der Waals surface area contributed by atoms with E-state index in [4.69, 9.17) is 0 Å². The maximum atomic E-state index is 11.0. The van der Waals surface area contributed by atoms with Gasteiger partial charge in [-0.2, -0.15) is 0 Å². The SMILES string of the molecule is CC1(C)C[C@@H]2[C@@H]1CC[C@@]1(C)CCC[C@@]2(O)C1. The summed E-state index contributed by atoms with van der Waals surface area (Å²) in [7, 11) is 0. The van der Waals surface area contributed by atoms with Gasteiger partial charge in [-0.25, -0.2) is 0 Å². The average Bonchev–Trinajstić information content (AvgIpc) is 2.19. The van der Waals surface area contributed by atoms with E-state index in [0.717, 1.165) is 18.8 Å². The van der Waals surface area contributed by atoms with E-state index in [2.05, 4.69) is 20.8 Å². The Morgan fingerprint density at radius 2 is 1.75 bits per heavy atom. The number of hydrogen-bond acceptors (Lipinski definition) is 1. The van der Waals surface area contributed by atoms with Gasteiger partial charge in [0.25, 0.3) is 0 Å². The van der Waals surface area contributed by atoms with Gasteiger partial charge < -0.3 is 5.11 Å². The van der Waals surface area contributed by atoms with E-state index in [1.54, 1.807) is 0 Å². The summed E-state index contributed by atoms with van der Waals surface area (Å²) in [6.45, 7) is 7.21. The van der Waals surface area contributed by atoms with Gasteiger partial charge in [-0.1, -0.05) is 27.2 Å². The zero-order chi connectivity index (χ0) is 11.6. The first-order valence-electron chi connectivity index (χ1n) is 7.07. The molecule has 2 bridgehead atoms. The van der Waals surface area contributed by atoms with Crippen LogP contribution in [-0.4, -0.2) is 10.7 Å². The summed E-state index contributed by atoms with van der Waals surface area (Å²) in [5.41, 5.74) is 0.637. The van der Waals surface area contributed by atoms with Crippen LogP contribution < -0.4 is 0 Å². The molecule has 3 saturated carbocycles.